The number of ether oxygens (including phenoxy) is 1. The molecule has 0 atom stereocenters. The van der Waals surface area contributed by atoms with Gasteiger partial charge in [-0.05, 0) is 29.3 Å². The van der Waals surface area contributed by atoms with Crippen LogP contribution >= 0.6 is 0 Å². The zero-order chi connectivity index (χ0) is 20.4. The lowest BCUT2D eigenvalue weighted by molar-refractivity contribution is -0.159. The number of methoxy groups -OCH3 is 1. The largest absolute Gasteiger partial charge is 0.497 e. The summed E-state index contributed by atoms with van der Waals surface area (Å²) in [6, 6.07) is 13.0. The predicted octanol–water partition coefficient (Wildman–Crippen LogP) is 3.16. The molecule has 27 heavy (non-hydrogen) atoms. The van der Waals surface area contributed by atoms with E-state index < -0.39 is 23.7 Å². The number of hydrogen-bond donors (Lipinski definition) is 3. The molecular weight excluding hydrogens is 367 g/mol. The molecular formula is C18H18F3NO5. The molecule has 0 aliphatic carbocycles. The zero-order valence-corrected chi connectivity index (χ0v) is 14.3. The summed E-state index contributed by atoms with van der Waals surface area (Å²) in [6.07, 6.45) is -4.32. The Balaban J connectivity index is 0.000000527. The summed E-state index contributed by atoms with van der Waals surface area (Å²) in [7, 11) is 1.58. The molecule has 0 aromatic heterocycles. The molecule has 9 heteroatoms. The van der Waals surface area contributed by atoms with Crippen molar-refractivity contribution in [2.75, 3.05) is 7.11 Å². The summed E-state index contributed by atoms with van der Waals surface area (Å²) in [5.74, 6) is -2.90. The molecule has 0 fully saturated rings. The quantitative estimate of drug-likeness (QED) is 0.685. The van der Waals surface area contributed by atoms with Crippen LogP contribution in [-0.4, -0.2) is 29.3 Å². The summed E-state index contributed by atoms with van der Waals surface area (Å²) in [5.41, 5.74) is 0.644. The minimum atomic E-state index is -4.32. The van der Waals surface area contributed by atoms with Gasteiger partial charge in [-0.25, -0.2) is 9.59 Å². The van der Waals surface area contributed by atoms with Crippen LogP contribution in [0.25, 0.3) is 0 Å². The average Bonchev–Trinajstić information content (AvgIpc) is 2.62. The first-order valence-electron chi connectivity index (χ1n) is 7.60. The highest BCUT2D eigenvalue weighted by molar-refractivity contribution is 6.27. The normalized spacial score (nSPS) is 10.5. The second-order valence-electron chi connectivity index (χ2n) is 5.22. The van der Waals surface area contributed by atoms with Gasteiger partial charge in [-0.15, -0.1) is 0 Å². The van der Waals surface area contributed by atoms with E-state index in [0.717, 1.165) is 17.4 Å². The Kier molecular flexibility index (Phi) is 8.28. The van der Waals surface area contributed by atoms with Crippen LogP contribution in [0.4, 0.5) is 13.2 Å². The molecule has 2 aromatic rings. The minimum absolute atomic E-state index is 0.168. The first-order chi connectivity index (χ1) is 12.6. The van der Waals surface area contributed by atoms with E-state index >= 15 is 0 Å². The number of benzene rings is 2. The number of halogens is 3. The minimum Gasteiger partial charge on any atom is -0.497 e. The molecule has 0 spiro atoms. The second kappa shape index (κ2) is 10.2. The van der Waals surface area contributed by atoms with Crippen LogP contribution in [-0.2, 0) is 28.9 Å². The maximum absolute atomic E-state index is 12.8. The van der Waals surface area contributed by atoms with Gasteiger partial charge in [0.05, 0.1) is 12.7 Å². The third-order valence-corrected chi connectivity index (χ3v) is 3.31. The Hall–Kier alpha value is -3.07. The summed E-state index contributed by atoms with van der Waals surface area (Å²) in [4.78, 5) is 18.2. The highest BCUT2D eigenvalue weighted by Crippen LogP contribution is 2.31. The number of hydrogen-bond acceptors (Lipinski definition) is 4. The van der Waals surface area contributed by atoms with Crippen molar-refractivity contribution in [3.8, 4) is 5.75 Å². The number of carboxylic acids is 2. The van der Waals surface area contributed by atoms with Crippen molar-refractivity contribution in [2.45, 2.75) is 19.3 Å². The lowest BCUT2D eigenvalue weighted by Crippen LogP contribution is -2.17. The lowest BCUT2D eigenvalue weighted by atomic mass is 10.1. The van der Waals surface area contributed by atoms with Crippen molar-refractivity contribution < 1.29 is 37.7 Å². The molecule has 2 rings (SSSR count). The van der Waals surface area contributed by atoms with Crippen molar-refractivity contribution in [1.29, 1.82) is 0 Å². The van der Waals surface area contributed by atoms with E-state index in [2.05, 4.69) is 5.32 Å². The molecule has 2 aromatic carbocycles. The van der Waals surface area contributed by atoms with E-state index in [9.17, 15) is 13.2 Å². The third-order valence-electron chi connectivity index (χ3n) is 3.31. The van der Waals surface area contributed by atoms with Crippen LogP contribution in [0.15, 0.2) is 48.5 Å². The smallest absolute Gasteiger partial charge is 0.416 e. The van der Waals surface area contributed by atoms with Gasteiger partial charge in [0.25, 0.3) is 0 Å². The fraction of sp³-hybridized carbons (Fsp3) is 0.222. The number of carbonyl (C=O) groups is 2. The van der Waals surface area contributed by atoms with E-state index in [1.54, 1.807) is 13.2 Å². The van der Waals surface area contributed by atoms with Crippen LogP contribution < -0.4 is 10.1 Å². The van der Waals surface area contributed by atoms with Gasteiger partial charge in [0.2, 0.25) is 0 Å². The van der Waals surface area contributed by atoms with E-state index in [1.165, 1.54) is 12.1 Å². The number of rotatable bonds is 5. The van der Waals surface area contributed by atoms with Crippen molar-refractivity contribution in [1.82, 2.24) is 5.32 Å². The van der Waals surface area contributed by atoms with Gasteiger partial charge in [0.1, 0.15) is 5.75 Å². The fourth-order valence-corrected chi connectivity index (χ4v) is 2.04. The van der Waals surface area contributed by atoms with Crippen LogP contribution in [0.3, 0.4) is 0 Å². The molecule has 0 heterocycles. The van der Waals surface area contributed by atoms with E-state index in [0.29, 0.717) is 6.54 Å². The van der Waals surface area contributed by atoms with E-state index in [-0.39, 0.29) is 12.1 Å². The van der Waals surface area contributed by atoms with Gasteiger partial charge in [-0.1, -0.05) is 30.3 Å². The topological polar surface area (TPSA) is 95.9 Å². The molecule has 0 saturated heterocycles. The monoisotopic (exact) mass is 385 g/mol. The summed E-state index contributed by atoms with van der Waals surface area (Å²) >= 11 is 0. The standard InChI is InChI=1S/C16H16F3NO.C2H2O4/c1-21-14-8-6-12(7-9-14)10-20-11-13-4-2-3-5-15(13)16(17,18)19;3-1(4)2(5)6/h2-9,20H,10-11H2,1H3;(H,3,4)(H,5,6). The first-order valence-corrected chi connectivity index (χ1v) is 7.60. The summed E-state index contributed by atoms with van der Waals surface area (Å²) in [6.45, 7) is 0.665. The van der Waals surface area contributed by atoms with E-state index in [4.69, 9.17) is 24.5 Å². The number of alkyl halides is 3. The Morgan fingerprint density at radius 1 is 0.963 bits per heavy atom. The SMILES string of the molecule is COc1ccc(CNCc2ccccc2C(F)(F)F)cc1.O=C(O)C(=O)O. The second-order valence-corrected chi connectivity index (χ2v) is 5.22. The highest BCUT2D eigenvalue weighted by atomic mass is 19.4. The zero-order valence-electron chi connectivity index (χ0n) is 14.3. The van der Waals surface area contributed by atoms with E-state index in [1.807, 2.05) is 24.3 Å². The molecule has 0 bridgehead atoms. The van der Waals surface area contributed by atoms with Gasteiger partial charge in [0, 0.05) is 13.1 Å². The Labute approximate surface area is 153 Å². The molecule has 0 aliphatic heterocycles. The average molecular weight is 385 g/mol. The van der Waals surface area contributed by atoms with Crippen LogP contribution in [0.2, 0.25) is 0 Å². The van der Waals surface area contributed by atoms with Gasteiger partial charge < -0.3 is 20.3 Å². The number of nitrogens with one attached hydrogen (secondary N) is 1. The van der Waals surface area contributed by atoms with Gasteiger partial charge >= 0.3 is 18.1 Å². The Morgan fingerprint density at radius 2 is 1.52 bits per heavy atom. The lowest BCUT2D eigenvalue weighted by Gasteiger charge is -2.13. The summed E-state index contributed by atoms with van der Waals surface area (Å²) in [5, 5.41) is 17.8. The van der Waals surface area contributed by atoms with Crippen LogP contribution in [0, 0.1) is 0 Å². The van der Waals surface area contributed by atoms with Gasteiger partial charge in [-0.2, -0.15) is 13.2 Å². The molecule has 3 N–H and O–H groups in total. The first kappa shape index (κ1) is 22.0. The van der Waals surface area contributed by atoms with Gasteiger partial charge in [-0.3, -0.25) is 0 Å². The molecule has 0 aliphatic rings. The fourth-order valence-electron chi connectivity index (χ4n) is 2.04. The van der Waals surface area contributed by atoms with Crippen molar-refractivity contribution in [2.24, 2.45) is 0 Å². The van der Waals surface area contributed by atoms with Gasteiger partial charge in [0.15, 0.2) is 0 Å². The molecule has 0 radical (unpaired) electrons. The Bertz CT molecular complexity index is 748. The summed E-state index contributed by atoms with van der Waals surface area (Å²) < 4.78 is 43.6. The van der Waals surface area contributed by atoms with Crippen molar-refractivity contribution in [3.63, 3.8) is 0 Å². The molecule has 0 unspecified atom stereocenters. The maximum atomic E-state index is 12.8. The molecule has 0 amide bonds. The molecule has 146 valence electrons. The van der Waals surface area contributed by atoms with Crippen LogP contribution in [0.5, 0.6) is 5.75 Å². The molecule has 6 nitrogen and oxygen atoms in total. The molecule has 0 saturated carbocycles. The predicted molar refractivity (Wildman–Crippen MR) is 90.3 cm³/mol. The Morgan fingerprint density at radius 3 is 2.00 bits per heavy atom. The van der Waals surface area contributed by atoms with Crippen molar-refractivity contribution in [3.05, 3.63) is 65.2 Å². The third kappa shape index (κ3) is 7.78. The highest BCUT2D eigenvalue weighted by Gasteiger charge is 2.32. The maximum Gasteiger partial charge on any atom is 0.416 e. The van der Waals surface area contributed by atoms with Crippen LogP contribution in [0.1, 0.15) is 16.7 Å². The van der Waals surface area contributed by atoms with Crippen molar-refractivity contribution >= 4 is 11.9 Å². The number of carboxylic acid groups (broad SMARTS) is 2. The number of aliphatic carboxylic acids is 2.